The zero-order chi connectivity index (χ0) is 19.3. The molecule has 3 saturated heterocycles. The Hall–Kier alpha value is -2.70. The van der Waals surface area contributed by atoms with Gasteiger partial charge in [0.2, 0.25) is 11.8 Å². The minimum atomic E-state index is -0.235. The van der Waals surface area contributed by atoms with Crippen LogP contribution in [0, 0.1) is 11.8 Å². The quantitative estimate of drug-likeness (QED) is 0.852. The van der Waals surface area contributed by atoms with Crippen molar-refractivity contribution in [3.63, 3.8) is 0 Å². The molecule has 4 heterocycles. The van der Waals surface area contributed by atoms with Crippen LogP contribution in [0.4, 0.5) is 0 Å². The highest BCUT2D eigenvalue weighted by atomic mass is 16.2. The average molecular weight is 380 g/mol. The van der Waals surface area contributed by atoms with Crippen LogP contribution < -0.4 is 5.56 Å². The van der Waals surface area contributed by atoms with E-state index in [0.717, 1.165) is 31.2 Å². The van der Waals surface area contributed by atoms with Crippen LogP contribution in [0.15, 0.2) is 29.1 Å². The molecule has 1 N–H and O–H groups in total. The van der Waals surface area contributed by atoms with Crippen LogP contribution in [0.5, 0.6) is 0 Å². The van der Waals surface area contributed by atoms with E-state index in [2.05, 4.69) is 15.1 Å². The lowest BCUT2D eigenvalue weighted by molar-refractivity contribution is -0.148. The summed E-state index contributed by atoms with van der Waals surface area (Å²) in [6.07, 6.45) is 3.98. The summed E-state index contributed by atoms with van der Waals surface area (Å²) in [7, 11) is 0. The molecule has 0 spiro atoms. The SMILES string of the molecule is O=C(Cc1n[nH]c(=O)c2ccccc12)N1C[C@H]2C[C@@H](C1)C1CCCC(=O)N1C2. The molecule has 5 rings (SSSR count). The van der Waals surface area contributed by atoms with E-state index in [-0.39, 0.29) is 23.8 Å². The number of H-pyrrole nitrogens is 1. The normalized spacial score (nSPS) is 27.0. The van der Waals surface area contributed by atoms with Gasteiger partial charge in [0.05, 0.1) is 17.5 Å². The van der Waals surface area contributed by atoms with Gasteiger partial charge >= 0.3 is 0 Å². The summed E-state index contributed by atoms with van der Waals surface area (Å²) in [5, 5.41) is 7.96. The standard InChI is InChI=1S/C21H24N4O3/c26-19-7-3-6-18-14-8-13(11-25(18)19)10-24(12-14)20(27)9-17-15-4-1-2-5-16(15)21(28)23-22-17/h1-2,4-5,13-14,18H,3,6-12H2,(H,23,28)/t13-,14+,18?/m1/s1. The number of fused-ring (bicyclic) bond motifs is 5. The Morgan fingerprint density at radius 1 is 1.14 bits per heavy atom. The highest BCUT2D eigenvalue weighted by Gasteiger charge is 2.44. The van der Waals surface area contributed by atoms with Gasteiger partial charge in [0, 0.05) is 37.5 Å². The fraction of sp³-hybridized carbons (Fsp3) is 0.524. The van der Waals surface area contributed by atoms with Gasteiger partial charge in [0.1, 0.15) is 0 Å². The van der Waals surface area contributed by atoms with Crippen molar-refractivity contribution in [2.75, 3.05) is 19.6 Å². The maximum Gasteiger partial charge on any atom is 0.272 e. The summed E-state index contributed by atoms with van der Waals surface area (Å²) in [5.74, 6) is 1.08. The Bertz CT molecular complexity index is 1000. The molecule has 1 aromatic carbocycles. The molecule has 3 aliphatic heterocycles. The number of aromatic nitrogens is 2. The number of amides is 2. The molecule has 28 heavy (non-hydrogen) atoms. The van der Waals surface area contributed by atoms with E-state index in [1.54, 1.807) is 6.07 Å². The molecule has 3 fully saturated rings. The Morgan fingerprint density at radius 3 is 2.82 bits per heavy atom. The predicted molar refractivity (Wildman–Crippen MR) is 104 cm³/mol. The van der Waals surface area contributed by atoms with Crippen molar-refractivity contribution in [1.82, 2.24) is 20.0 Å². The number of rotatable bonds is 2. The van der Waals surface area contributed by atoms with Gasteiger partial charge in [0.25, 0.3) is 5.56 Å². The van der Waals surface area contributed by atoms with E-state index in [0.29, 0.717) is 48.5 Å². The summed E-state index contributed by atoms with van der Waals surface area (Å²) in [5.41, 5.74) is 0.381. The van der Waals surface area contributed by atoms with Crippen molar-refractivity contribution in [3.05, 3.63) is 40.3 Å². The number of piperidine rings is 3. The number of carbonyl (C=O) groups is 2. The van der Waals surface area contributed by atoms with Gasteiger partial charge in [0.15, 0.2) is 0 Å². The van der Waals surface area contributed by atoms with Crippen molar-refractivity contribution in [2.45, 2.75) is 38.1 Å². The van der Waals surface area contributed by atoms with Gasteiger partial charge in [-0.15, -0.1) is 0 Å². The molecular formula is C21H24N4O3. The molecule has 1 aromatic heterocycles. The Labute approximate surface area is 162 Å². The zero-order valence-electron chi connectivity index (χ0n) is 15.8. The van der Waals surface area contributed by atoms with E-state index < -0.39 is 0 Å². The zero-order valence-corrected chi connectivity index (χ0v) is 15.8. The largest absolute Gasteiger partial charge is 0.342 e. The van der Waals surface area contributed by atoms with Crippen molar-refractivity contribution < 1.29 is 9.59 Å². The molecule has 3 aliphatic rings. The number of hydrogen-bond acceptors (Lipinski definition) is 4. The third-order valence-corrected chi connectivity index (χ3v) is 6.63. The number of carbonyl (C=O) groups excluding carboxylic acids is 2. The summed E-state index contributed by atoms with van der Waals surface area (Å²) in [4.78, 5) is 41.3. The van der Waals surface area contributed by atoms with Crippen LogP contribution >= 0.6 is 0 Å². The first-order valence-corrected chi connectivity index (χ1v) is 10.1. The number of nitrogens with zero attached hydrogens (tertiary/aromatic N) is 3. The average Bonchev–Trinajstić information content (AvgIpc) is 2.71. The number of benzene rings is 1. The number of hydrogen-bond donors (Lipinski definition) is 1. The summed E-state index contributed by atoms with van der Waals surface area (Å²) in [6.45, 7) is 2.20. The molecule has 0 aliphatic carbocycles. The molecule has 146 valence electrons. The maximum absolute atomic E-state index is 13.1. The molecule has 7 nitrogen and oxygen atoms in total. The van der Waals surface area contributed by atoms with Crippen LogP contribution in [-0.2, 0) is 16.0 Å². The topological polar surface area (TPSA) is 86.4 Å². The minimum absolute atomic E-state index is 0.0509. The van der Waals surface area contributed by atoms with Crippen LogP contribution in [0.1, 0.15) is 31.4 Å². The Balaban J connectivity index is 1.36. The summed E-state index contributed by atoms with van der Waals surface area (Å²) < 4.78 is 0. The van der Waals surface area contributed by atoms with Crippen molar-refractivity contribution in [3.8, 4) is 0 Å². The van der Waals surface area contributed by atoms with Crippen LogP contribution in [0.2, 0.25) is 0 Å². The van der Waals surface area contributed by atoms with Gasteiger partial charge in [-0.3, -0.25) is 14.4 Å². The first-order valence-electron chi connectivity index (χ1n) is 10.1. The second-order valence-electron chi connectivity index (χ2n) is 8.39. The van der Waals surface area contributed by atoms with E-state index in [4.69, 9.17) is 0 Å². The van der Waals surface area contributed by atoms with E-state index in [1.807, 2.05) is 23.1 Å². The molecular weight excluding hydrogens is 356 g/mol. The molecule has 3 atom stereocenters. The Kier molecular flexibility index (Phi) is 4.18. The number of aromatic amines is 1. The first-order chi connectivity index (χ1) is 13.6. The fourth-order valence-corrected chi connectivity index (χ4v) is 5.37. The maximum atomic E-state index is 13.1. The third-order valence-electron chi connectivity index (χ3n) is 6.63. The van der Waals surface area contributed by atoms with Crippen molar-refractivity contribution in [2.24, 2.45) is 11.8 Å². The van der Waals surface area contributed by atoms with Crippen LogP contribution in [0.25, 0.3) is 10.8 Å². The lowest BCUT2D eigenvalue weighted by atomic mass is 9.76. The van der Waals surface area contributed by atoms with E-state index >= 15 is 0 Å². The predicted octanol–water partition coefficient (Wildman–Crippen LogP) is 1.32. The smallest absolute Gasteiger partial charge is 0.272 e. The second-order valence-corrected chi connectivity index (χ2v) is 8.39. The molecule has 2 aromatic rings. The fourth-order valence-electron chi connectivity index (χ4n) is 5.37. The highest BCUT2D eigenvalue weighted by Crippen LogP contribution is 2.38. The lowest BCUT2D eigenvalue weighted by Gasteiger charge is -2.52. The minimum Gasteiger partial charge on any atom is -0.342 e. The number of likely N-dealkylation sites (tertiary alicyclic amines) is 1. The molecule has 7 heteroatoms. The van der Waals surface area contributed by atoms with Crippen molar-refractivity contribution in [1.29, 1.82) is 0 Å². The van der Waals surface area contributed by atoms with Crippen molar-refractivity contribution >= 4 is 22.6 Å². The number of nitrogens with one attached hydrogen (secondary N) is 1. The van der Waals surface area contributed by atoms with Gasteiger partial charge in [-0.1, -0.05) is 18.2 Å². The van der Waals surface area contributed by atoms with Gasteiger partial charge in [-0.25, -0.2) is 5.10 Å². The first kappa shape index (κ1) is 17.4. The Morgan fingerprint density at radius 2 is 1.96 bits per heavy atom. The second kappa shape index (κ2) is 6.72. The van der Waals surface area contributed by atoms with Crippen LogP contribution in [0.3, 0.4) is 0 Å². The molecule has 0 radical (unpaired) electrons. The molecule has 1 unspecified atom stereocenters. The van der Waals surface area contributed by atoms with Gasteiger partial charge < -0.3 is 9.80 Å². The molecule has 2 bridgehead atoms. The highest BCUT2D eigenvalue weighted by molar-refractivity contribution is 5.88. The molecule has 0 saturated carbocycles. The van der Waals surface area contributed by atoms with E-state index in [9.17, 15) is 14.4 Å². The lowest BCUT2D eigenvalue weighted by Crippen LogP contribution is -2.61. The van der Waals surface area contributed by atoms with Crippen LogP contribution in [-0.4, -0.2) is 57.5 Å². The summed E-state index contributed by atoms with van der Waals surface area (Å²) >= 11 is 0. The van der Waals surface area contributed by atoms with Gasteiger partial charge in [-0.2, -0.15) is 5.10 Å². The monoisotopic (exact) mass is 380 g/mol. The molecule has 2 amide bonds. The van der Waals surface area contributed by atoms with Gasteiger partial charge in [-0.05, 0) is 37.2 Å². The third kappa shape index (κ3) is 2.89. The summed E-state index contributed by atoms with van der Waals surface area (Å²) in [6, 6.07) is 7.56. The van der Waals surface area contributed by atoms with E-state index in [1.165, 1.54) is 0 Å².